The average Bonchev–Trinajstić information content (AvgIpc) is 2.24. The highest BCUT2D eigenvalue weighted by molar-refractivity contribution is 6.60. The van der Waals surface area contributed by atoms with Crippen LogP contribution in [0.1, 0.15) is 34.1 Å². The zero-order chi connectivity index (χ0) is 13.1. The number of rotatable bonds is 11. The fourth-order valence-corrected chi connectivity index (χ4v) is 4.25. The van der Waals surface area contributed by atoms with E-state index in [1.165, 1.54) is 0 Å². The third kappa shape index (κ3) is 7.85. The van der Waals surface area contributed by atoms with Crippen LogP contribution in [0.5, 0.6) is 0 Å². The van der Waals surface area contributed by atoms with Crippen molar-refractivity contribution in [3.63, 3.8) is 0 Å². The molecule has 0 amide bonds. The van der Waals surface area contributed by atoms with Crippen LogP contribution in [0.25, 0.3) is 0 Å². The van der Waals surface area contributed by atoms with Crippen LogP contribution in [0.4, 0.5) is 0 Å². The van der Waals surface area contributed by atoms with Gasteiger partial charge in [0.25, 0.3) is 0 Å². The average molecular weight is 265 g/mol. The summed E-state index contributed by atoms with van der Waals surface area (Å²) in [6.07, 6.45) is 0.0752. The van der Waals surface area contributed by atoms with E-state index in [4.69, 9.17) is 13.3 Å². The van der Waals surface area contributed by atoms with Gasteiger partial charge in [0.05, 0.1) is 0 Å². The van der Waals surface area contributed by atoms with Crippen molar-refractivity contribution in [1.29, 1.82) is 0 Å². The largest absolute Gasteiger partial charge is 0.502 e. The van der Waals surface area contributed by atoms with E-state index in [0.717, 1.165) is 25.6 Å². The Labute approximate surface area is 106 Å². The normalized spacial score (nSPS) is 13.9. The molecule has 1 atom stereocenters. The van der Waals surface area contributed by atoms with Crippen LogP contribution < -0.4 is 5.32 Å². The van der Waals surface area contributed by atoms with Gasteiger partial charge in [-0.15, -0.1) is 0 Å². The van der Waals surface area contributed by atoms with Gasteiger partial charge in [-0.1, -0.05) is 6.92 Å². The number of aliphatic hydroxyl groups excluding tert-OH is 1. The van der Waals surface area contributed by atoms with E-state index in [1.54, 1.807) is 6.92 Å². The molecular weight excluding hydrogens is 238 g/mol. The molecule has 0 radical (unpaired) electrons. The van der Waals surface area contributed by atoms with Crippen LogP contribution in [-0.4, -0.2) is 46.5 Å². The van der Waals surface area contributed by atoms with E-state index < -0.39 is 15.1 Å². The first-order valence-electron chi connectivity index (χ1n) is 6.44. The van der Waals surface area contributed by atoms with E-state index in [-0.39, 0.29) is 0 Å². The van der Waals surface area contributed by atoms with Crippen molar-refractivity contribution in [3.8, 4) is 0 Å². The van der Waals surface area contributed by atoms with Gasteiger partial charge < -0.3 is 23.7 Å². The molecular formula is C11H27NO4Si. The molecule has 17 heavy (non-hydrogen) atoms. The molecule has 0 fully saturated rings. The molecule has 0 aromatic rings. The lowest BCUT2D eigenvalue weighted by molar-refractivity contribution is -0.0646. The molecule has 0 aromatic heterocycles. The number of nitrogens with one attached hydrogen (secondary N) is 1. The molecule has 1 unspecified atom stereocenters. The Balaban J connectivity index is 4.31. The molecule has 0 rings (SSSR count). The van der Waals surface area contributed by atoms with Gasteiger partial charge in [-0.2, -0.15) is 0 Å². The Morgan fingerprint density at radius 3 is 2.18 bits per heavy atom. The lowest BCUT2D eigenvalue weighted by atomic mass is 10.5. The van der Waals surface area contributed by atoms with Gasteiger partial charge in [0, 0.05) is 19.3 Å². The highest BCUT2D eigenvalue weighted by atomic mass is 28.4. The lowest BCUT2D eigenvalue weighted by Gasteiger charge is -2.30. The lowest BCUT2D eigenvalue weighted by Crippen LogP contribution is -2.48. The Morgan fingerprint density at radius 2 is 1.76 bits per heavy atom. The van der Waals surface area contributed by atoms with Crippen molar-refractivity contribution in [3.05, 3.63) is 0 Å². The van der Waals surface area contributed by atoms with Crippen molar-refractivity contribution < 1.29 is 18.4 Å². The number of hydrogen-bond acceptors (Lipinski definition) is 5. The van der Waals surface area contributed by atoms with Crippen LogP contribution in [0.2, 0.25) is 6.04 Å². The zero-order valence-electron chi connectivity index (χ0n) is 11.5. The molecule has 0 saturated carbocycles. The van der Waals surface area contributed by atoms with Crippen molar-refractivity contribution in [2.24, 2.45) is 0 Å². The maximum absolute atomic E-state index is 9.38. The topological polar surface area (TPSA) is 60.0 Å². The molecule has 0 saturated heterocycles. The standard InChI is InChI=1S/C11H27NO4Si/c1-5-12-9-8-10-17(14-6-2,15-7-3)16-11(4)13/h11-13H,5-10H2,1-4H3. The van der Waals surface area contributed by atoms with Crippen LogP contribution in [-0.2, 0) is 13.3 Å². The van der Waals surface area contributed by atoms with E-state index >= 15 is 0 Å². The predicted molar refractivity (Wildman–Crippen MR) is 69.7 cm³/mol. The van der Waals surface area contributed by atoms with Gasteiger partial charge in [0.15, 0.2) is 0 Å². The third-order valence-corrected chi connectivity index (χ3v) is 5.29. The summed E-state index contributed by atoms with van der Waals surface area (Å²) < 4.78 is 16.9. The molecule has 2 N–H and O–H groups in total. The van der Waals surface area contributed by atoms with Crippen molar-refractivity contribution in [2.75, 3.05) is 26.3 Å². The van der Waals surface area contributed by atoms with Gasteiger partial charge in [-0.3, -0.25) is 0 Å². The molecule has 6 heteroatoms. The van der Waals surface area contributed by atoms with E-state index in [1.807, 2.05) is 13.8 Å². The minimum absolute atomic E-state index is 0.542. The highest BCUT2D eigenvalue weighted by Gasteiger charge is 2.41. The van der Waals surface area contributed by atoms with Gasteiger partial charge in [0.2, 0.25) is 0 Å². The van der Waals surface area contributed by atoms with Crippen molar-refractivity contribution >= 4 is 8.80 Å². The summed E-state index contributed by atoms with van der Waals surface area (Å²) in [7, 11) is -2.70. The Bertz CT molecular complexity index is 175. The first-order chi connectivity index (χ1) is 8.10. The maximum atomic E-state index is 9.38. The summed E-state index contributed by atoms with van der Waals surface area (Å²) in [5, 5.41) is 12.6. The second kappa shape index (κ2) is 9.99. The summed E-state index contributed by atoms with van der Waals surface area (Å²) in [4.78, 5) is 0. The molecule has 0 aliphatic heterocycles. The van der Waals surface area contributed by atoms with E-state index in [9.17, 15) is 5.11 Å². The highest BCUT2D eigenvalue weighted by Crippen LogP contribution is 2.19. The molecule has 0 aliphatic rings. The molecule has 0 aromatic carbocycles. The fraction of sp³-hybridized carbons (Fsp3) is 1.00. The third-order valence-electron chi connectivity index (χ3n) is 2.17. The summed E-state index contributed by atoms with van der Waals surface area (Å²) >= 11 is 0. The SMILES string of the molecule is CCNCCC[Si](OCC)(OCC)OC(C)O. The second-order valence-corrected chi connectivity index (χ2v) is 6.40. The van der Waals surface area contributed by atoms with Crippen LogP contribution >= 0.6 is 0 Å². The molecule has 104 valence electrons. The zero-order valence-corrected chi connectivity index (χ0v) is 12.5. The summed E-state index contributed by atoms with van der Waals surface area (Å²) in [5.41, 5.74) is 0. The van der Waals surface area contributed by atoms with Gasteiger partial charge in [-0.05, 0) is 40.3 Å². The van der Waals surface area contributed by atoms with Crippen LogP contribution in [0.15, 0.2) is 0 Å². The molecule has 0 aliphatic carbocycles. The van der Waals surface area contributed by atoms with Gasteiger partial charge in [0.1, 0.15) is 6.29 Å². The number of aliphatic hydroxyl groups is 1. The maximum Gasteiger partial charge on any atom is 0.502 e. The summed E-state index contributed by atoms with van der Waals surface area (Å²) in [6, 6.07) is 0.729. The Morgan fingerprint density at radius 1 is 1.18 bits per heavy atom. The quantitative estimate of drug-likeness (QED) is 0.335. The van der Waals surface area contributed by atoms with Crippen molar-refractivity contribution in [2.45, 2.75) is 46.4 Å². The fourth-order valence-electron chi connectivity index (χ4n) is 1.62. The molecule has 0 spiro atoms. The molecule has 0 heterocycles. The Kier molecular flexibility index (Phi) is 10.00. The number of hydrogen-bond donors (Lipinski definition) is 2. The first kappa shape index (κ1) is 17.0. The van der Waals surface area contributed by atoms with Gasteiger partial charge >= 0.3 is 8.80 Å². The first-order valence-corrected chi connectivity index (χ1v) is 8.37. The predicted octanol–water partition coefficient (Wildman–Crippen LogP) is 1.35. The summed E-state index contributed by atoms with van der Waals surface area (Å²) in [5.74, 6) is 0. The van der Waals surface area contributed by atoms with Crippen LogP contribution in [0, 0.1) is 0 Å². The Hall–Kier alpha value is 0.0169. The molecule has 5 nitrogen and oxygen atoms in total. The smallest absolute Gasteiger partial charge is 0.374 e. The van der Waals surface area contributed by atoms with Crippen molar-refractivity contribution in [1.82, 2.24) is 5.32 Å². The minimum atomic E-state index is -2.70. The monoisotopic (exact) mass is 265 g/mol. The van der Waals surface area contributed by atoms with E-state index in [2.05, 4.69) is 12.2 Å². The van der Waals surface area contributed by atoms with Gasteiger partial charge in [-0.25, -0.2) is 0 Å². The molecule has 0 bridgehead atoms. The minimum Gasteiger partial charge on any atom is -0.374 e. The summed E-state index contributed by atoms with van der Waals surface area (Å²) in [6.45, 7) is 10.4. The van der Waals surface area contributed by atoms with E-state index in [0.29, 0.717) is 13.2 Å². The second-order valence-electron chi connectivity index (χ2n) is 3.72. The van der Waals surface area contributed by atoms with Crippen LogP contribution in [0.3, 0.4) is 0 Å².